The molecule has 0 saturated carbocycles. The number of benzene rings is 2. The predicted molar refractivity (Wildman–Crippen MR) is 117 cm³/mol. The summed E-state index contributed by atoms with van der Waals surface area (Å²) in [6, 6.07) is 14.4. The fraction of sp³-hybridized carbons (Fsp3) is 0.208. The van der Waals surface area contributed by atoms with Crippen LogP contribution in [0, 0.1) is 6.92 Å². The van der Waals surface area contributed by atoms with Gasteiger partial charge in [-0.2, -0.15) is 0 Å². The van der Waals surface area contributed by atoms with Crippen molar-refractivity contribution in [2.45, 2.75) is 13.5 Å². The lowest BCUT2D eigenvalue weighted by Gasteiger charge is -2.15. The van der Waals surface area contributed by atoms with Gasteiger partial charge in [0, 0.05) is 17.0 Å². The van der Waals surface area contributed by atoms with E-state index in [4.69, 9.17) is 28.5 Å². The summed E-state index contributed by atoms with van der Waals surface area (Å²) in [7, 11) is 4.63. The molecule has 164 valence electrons. The molecule has 0 atom stereocenters. The van der Waals surface area contributed by atoms with E-state index >= 15 is 0 Å². The number of ether oxygens (including phenoxy) is 4. The lowest BCUT2D eigenvalue weighted by molar-refractivity contribution is 0.0466. The van der Waals surface area contributed by atoms with Crippen molar-refractivity contribution in [3.63, 3.8) is 0 Å². The zero-order valence-corrected chi connectivity index (χ0v) is 18.2. The summed E-state index contributed by atoms with van der Waals surface area (Å²) >= 11 is 0. The molecule has 0 amide bonds. The van der Waals surface area contributed by atoms with E-state index in [9.17, 15) is 4.79 Å². The summed E-state index contributed by atoms with van der Waals surface area (Å²) in [4.78, 5) is 17.7. The number of carbonyl (C=O) groups excluding carboxylic acids is 1. The Morgan fingerprint density at radius 1 is 0.969 bits per heavy atom. The van der Waals surface area contributed by atoms with Crippen molar-refractivity contribution >= 4 is 16.9 Å². The van der Waals surface area contributed by atoms with Gasteiger partial charge in [0.25, 0.3) is 0 Å². The van der Waals surface area contributed by atoms with Crippen molar-refractivity contribution in [3.05, 3.63) is 65.5 Å². The van der Waals surface area contributed by atoms with Crippen molar-refractivity contribution in [2.24, 2.45) is 0 Å². The van der Waals surface area contributed by atoms with Gasteiger partial charge in [-0.3, -0.25) is 0 Å². The van der Waals surface area contributed by atoms with E-state index in [-0.39, 0.29) is 6.61 Å². The second-order valence-corrected chi connectivity index (χ2v) is 6.99. The molecule has 0 aliphatic rings. The van der Waals surface area contributed by atoms with Gasteiger partial charge in [-0.25, -0.2) is 9.78 Å². The highest BCUT2D eigenvalue weighted by Gasteiger charge is 2.19. The van der Waals surface area contributed by atoms with Crippen LogP contribution in [0.3, 0.4) is 0 Å². The van der Waals surface area contributed by atoms with Gasteiger partial charge < -0.3 is 23.5 Å². The predicted octanol–water partition coefficient (Wildman–Crippen LogP) is 4.58. The van der Waals surface area contributed by atoms with E-state index in [1.165, 1.54) is 0 Å². The van der Waals surface area contributed by atoms with Gasteiger partial charge in [-0.1, -0.05) is 23.4 Å². The number of methoxy groups -OCH3 is 3. The van der Waals surface area contributed by atoms with Crippen LogP contribution in [0.25, 0.3) is 22.2 Å². The number of pyridine rings is 1. The smallest absolute Gasteiger partial charge is 0.339 e. The van der Waals surface area contributed by atoms with Crippen LogP contribution in [0.5, 0.6) is 17.2 Å². The Hall–Kier alpha value is -4.07. The molecule has 0 radical (unpaired) electrons. The summed E-state index contributed by atoms with van der Waals surface area (Å²) in [6.45, 7) is 1.78. The zero-order chi connectivity index (χ0) is 22.7. The molecule has 0 aliphatic carbocycles. The fourth-order valence-electron chi connectivity index (χ4n) is 3.42. The van der Waals surface area contributed by atoms with Crippen LogP contribution in [0.15, 0.2) is 53.1 Å². The van der Waals surface area contributed by atoms with Gasteiger partial charge in [-0.05, 0) is 31.2 Å². The minimum Gasteiger partial charge on any atom is -0.493 e. The highest BCUT2D eigenvalue weighted by atomic mass is 16.5. The Bertz CT molecular complexity index is 1260. The summed E-state index contributed by atoms with van der Waals surface area (Å²) in [5, 5.41) is 4.54. The highest BCUT2D eigenvalue weighted by Crippen LogP contribution is 2.41. The monoisotopic (exact) mass is 434 g/mol. The molecule has 0 spiro atoms. The van der Waals surface area contributed by atoms with E-state index in [0.717, 1.165) is 0 Å². The van der Waals surface area contributed by atoms with Crippen molar-refractivity contribution in [3.8, 4) is 28.5 Å². The molecule has 0 unspecified atom stereocenters. The average Bonchev–Trinajstić information content (AvgIpc) is 3.25. The Balaban J connectivity index is 1.78. The largest absolute Gasteiger partial charge is 0.493 e. The molecule has 0 fully saturated rings. The third-order valence-electron chi connectivity index (χ3n) is 4.92. The molecule has 32 heavy (non-hydrogen) atoms. The molecule has 0 N–H and O–H groups in total. The van der Waals surface area contributed by atoms with Crippen molar-refractivity contribution in [2.75, 3.05) is 21.3 Å². The van der Waals surface area contributed by atoms with Crippen molar-refractivity contribution < 1.29 is 28.3 Å². The van der Waals surface area contributed by atoms with E-state index in [2.05, 4.69) is 5.16 Å². The Labute approximate surface area is 184 Å². The molecule has 0 aliphatic heterocycles. The normalized spacial score (nSPS) is 10.8. The number of aryl methyl sites for hydroxylation is 1. The molecule has 8 nitrogen and oxygen atoms in total. The summed E-state index contributed by atoms with van der Waals surface area (Å²) in [5.41, 5.74) is 2.85. The highest BCUT2D eigenvalue weighted by molar-refractivity contribution is 6.04. The molecule has 8 heteroatoms. The minimum absolute atomic E-state index is 0.00629. The number of hydrogen-bond donors (Lipinski definition) is 0. The number of hydrogen-bond acceptors (Lipinski definition) is 8. The van der Waals surface area contributed by atoms with Crippen LogP contribution >= 0.6 is 0 Å². The second kappa shape index (κ2) is 8.97. The number of nitrogens with zero attached hydrogens (tertiary/aromatic N) is 2. The maximum Gasteiger partial charge on any atom is 0.339 e. The van der Waals surface area contributed by atoms with Gasteiger partial charge in [0.15, 0.2) is 11.5 Å². The quantitative estimate of drug-likeness (QED) is 0.390. The molecule has 4 rings (SSSR count). The third-order valence-corrected chi connectivity index (χ3v) is 4.92. The van der Waals surface area contributed by atoms with Gasteiger partial charge in [-0.15, -0.1) is 0 Å². The first-order valence-corrected chi connectivity index (χ1v) is 9.83. The lowest BCUT2D eigenvalue weighted by atomic mass is 10.0. The lowest BCUT2D eigenvalue weighted by Crippen LogP contribution is -2.07. The number of para-hydroxylation sites is 1. The van der Waals surface area contributed by atoms with Crippen LogP contribution in [-0.4, -0.2) is 37.4 Å². The third kappa shape index (κ3) is 4.07. The Morgan fingerprint density at radius 3 is 2.31 bits per heavy atom. The summed E-state index contributed by atoms with van der Waals surface area (Å²) in [5.74, 6) is 1.61. The topological polar surface area (TPSA) is 92.9 Å². The number of fused-ring (bicyclic) bond motifs is 1. The Kier molecular flexibility index (Phi) is 5.93. The van der Waals surface area contributed by atoms with Crippen molar-refractivity contribution in [1.29, 1.82) is 0 Å². The molecule has 2 heterocycles. The van der Waals surface area contributed by atoms with Crippen LogP contribution in [0.1, 0.15) is 21.8 Å². The standard InChI is InChI=1S/C24H22N2O6/c1-14-9-16(26-32-14)13-31-24(27)18-12-20(25-19-8-6-5-7-17(18)19)15-10-21(28-2)23(30-4)22(11-15)29-3/h5-12H,13H2,1-4H3. The Morgan fingerprint density at radius 2 is 1.69 bits per heavy atom. The number of esters is 1. The van der Waals surface area contributed by atoms with Gasteiger partial charge >= 0.3 is 5.97 Å². The average molecular weight is 434 g/mol. The van der Waals surface area contributed by atoms with Crippen LogP contribution in [-0.2, 0) is 11.3 Å². The van der Waals surface area contributed by atoms with Gasteiger partial charge in [0.2, 0.25) is 5.75 Å². The zero-order valence-electron chi connectivity index (χ0n) is 18.2. The van der Waals surface area contributed by atoms with Gasteiger partial charge in [0.05, 0.1) is 38.1 Å². The van der Waals surface area contributed by atoms with Crippen molar-refractivity contribution in [1.82, 2.24) is 10.1 Å². The first-order chi connectivity index (χ1) is 15.5. The second-order valence-electron chi connectivity index (χ2n) is 6.99. The minimum atomic E-state index is -0.488. The SMILES string of the molecule is COc1cc(-c2cc(C(=O)OCc3cc(C)on3)c3ccccc3n2)cc(OC)c1OC. The number of carbonyl (C=O) groups is 1. The molecule has 0 saturated heterocycles. The molecule has 2 aromatic carbocycles. The van der Waals surface area contributed by atoms with E-state index in [1.54, 1.807) is 52.5 Å². The first kappa shape index (κ1) is 21.2. The fourth-order valence-corrected chi connectivity index (χ4v) is 3.42. The molecular weight excluding hydrogens is 412 g/mol. The van der Waals surface area contributed by atoms with Gasteiger partial charge in [0.1, 0.15) is 18.1 Å². The maximum absolute atomic E-state index is 13.0. The van der Waals surface area contributed by atoms with E-state index < -0.39 is 5.97 Å². The molecule has 4 aromatic rings. The van der Waals surface area contributed by atoms with Crippen LogP contribution in [0.2, 0.25) is 0 Å². The molecular formula is C24H22N2O6. The van der Waals surface area contributed by atoms with E-state index in [1.807, 2.05) is 24.3 Å². The number of rotatable bonds is 7. The number of aromatic nitrogens is 2. The molecule has 2 aromatic heterocycles. The first-order valence-electron chi connectivity index (χ1n) is 9.83. The van der Waals surface area contributed by atoms with Crippen LogP contribution in [0.4, 0.5) is 0 Å². The molecule has 0 bridgehead atoms. The van der Waals surface area contributed by atoms with Crippen LogP contribution < -0.4 is 14.2 Å². The summed E-state index contributed by atoms with van der Waals surface area (Å²) in [6.07, 6.45) is 0. The summed E-state index contributed by atoms with van der Waals surface area (Å²) < 4.78 is 26.8. The maximum atomic E-state index is 13.0. The van der Waals surface area contributed by atoms with E-state index in [0.29, 0.717) is 56.4 Å².